The molecule has 1 saturated heterocycles. The highest BCUT2D eigenvalue weighted by atomic mass is 80.0. The maximum absolute atomic E-state index is 10.1. The Bertz CT molecular complexity index is 96.5. The van der Waals surface area contributed by atoms with E-state index in [1.54, 1.807) is 0 Å². The zero-order chi connectivity index (χ0) is 7.40. The van der Waals surface area contributed by atoms with Gasteiger partial charge in [0.05, 0.1) is 3.93 Å². The van der Waals surface area contributed by atoms with E-state index in [1.165, 1.54) is 5.06 Å². The van der Waals surface area contributed by atoms with Gasteiger partial charge in [0.1, 0.15) is 0 Å². The molecular weight excluding hydrogens is 204 g/mol. The number of halogens is 1. The normalized spacial score (nSPS) is 21.9. The van der Waals surface area contributed by atoms with E-state index in [-0.39, 0.29) is 0 Å². The number of hydrogen-bond acceptors (Lipinski definition) is 5. The molecule has 1 rings (SSSR count). The van der Waals surface area contributed by atoms with Gasteiger partial charge in [-0.1, -0.05) is 5.06 Å². The van der Waals surface area contributed by atoms with Gasteiger partial charge in [-0.25, -0.2) is 0 Å². The van der Waals surface area contributed by atoms with E-state index in [0.29, 0.717) is 13.1 Å². The Morgan fingerprint density at radius 3 is 2.40 bits per heavy atom. The highest BCUT2D eigenvalue weighted by Gasteiger charge is 2.21. The van der Waals surface area contributed by atoms with Crippen LogP contribution in [0.2, 0.25) is 0 Å². The lowest BCUT2D eigenvalue weighted by molar-refractivity contribution is -1.64. The number of hydrogen-bond donors (Lipinski definition) is 1. The van der Waals surface area contributed by atoms with Crippen molar-refractivity contribution >= 4 is 0 Å². The number of nitrogens with zero attached hydrogens (tertiary/aromatic N) is 1. The molecule has 1 aliphatic heterocycles. The molecule has 0 aromatic heterocycles. The summed E-state index contributed by atoms with van der Waals surface area (Å²) in [6.07, 6.45) is 0. The summed E-state index contributed by atoms with van der Waals surface area (Å²) in [5.41, 5.74) is 0. The third-order valence-electron chi connectivity index (χ3n) is 1.23. The molecule has 0 radical (unpaired) electrons. The second-order valence-electron chi connectivity index (χ2n) is 1.94. The monoisotopic (exact) mass is 212 g/mol. The molecule has 0 aromatic carbocycles. The fraction of sp³-hybridized carbons (Fsp3) is 1.00. The van der Waals surface area contributed by atoms with Crippen molar-refractivity contribution in [2.24, 2.45) is 0 Å². The molecule has 1 aliphatic rings. The summed E-state index contributed by atoms with van der Waals surface area (Å²) >= 11 is -3.05. The van der Waals surface area contributed by atoms with Gasteiger partial charge in [-0.15, -0.1) is 0 Å². The van der Waals surface area contributed by atoms with E-state index in [2.05, 4.69) is 9.25 Å². The highest BCUT2D eigenvalue weighted by Crippen LogP contribution is 1.93. The summed E-state index contributed by atoms with van der Waals surface area (Å²) in [6.45, 7) is 2.85. The summed E-state index contributed by atoms with van der Waals surface area (Å²) in [6, 6.07) is 0. The zero-order valence-electron chi connectivity index (χ0n) is 5.38. The summed E-state index contributed by atoms with van der Waals surface area (Å²) < 4.78 is 24.6. The summed E-state index contributed by atoms with van der Waals surface area (Å²) in [7, 11) is 0. The van der Waals surface area contributed by atoms with Gasteiger partial charge in [-0.3, -0.25) is 0 Å². The van der Waals surface area contributed by atoms with Crippen molar-refractivity contribution in [3.05, 3.63) is 0 Å². The van der Waals surface area contributed by atoms with Crippen molar-refractivity contribution in [2.45, 2.75) is 0 Å². The van der Waals surface area contributed by atoms with Crippen molar-refractivity contribution < 1.29 is 27.1 Å². The molecule has 60 valence electrons. The third-order valence-corrected chi connectivity index (χ3v) is 1.88. The maximum Gasteiger partial charge on any atom is 0.464 e. The van der Waals surface area contributed by atoms with Gasteiger partial charge in [-0.05, 0) is 0 Å². The Morgan fingerprint density at radius 1 is 1.30 bits per heavy atom. The lowest BCUT2D eigenvalue weighted by Crippen LogP contribution is -2.48. The Kier molecular flexibility index (Phi) is 3.53. The van der Waals surface area contributed by atoms with E-state index in [0.717, 1.165) is 13.1 Å². The largest absolute Gasteiger partial charge is 0.464 e. The van der Waals surface area contributed by atoms with Gasteiger partial charge in [0.25, 0.3) is 0 Å². The average molecular weight is 213 g/mol. The molecule has 1 N–H and O–H groups in total. The molecule has 0 spiro atoms. The van der Waals surface area contributed by atoms with Crippen molar-refractivity contribution in [1.82, 2.24) is 10.4 Å². The van der Waals surface area contributed by atoms with Crippen LogP contribution in [0.15, 0.2) is 0 Å². The van der Waals surface area contributed by atoms with E-state index in [9.17, 15) is 8.40 Å². The molecule has 0 atom stereocenters. The lowest BCUT2D eigenvalue weighted by Gasteiger charge is -2.19. The summed E-state index contributed by atoms with van der Waals surface area (Å²) in [5.74, 6) is 0. The molecule has 10 heavy (non-hydrogen) atoms. The topological polar surface area (TPSA) is 70.6 Å². The minimum Gasteiger partial charge on any atom is -0.371 e. The molecule has 0 aliphatic carbocycles. The molecule has 5 nitrogen and oxygen atoms in total. The van der Waals surface area contributed by atoms with Gasteiger partial charge >= 0.3 is 14.8 Å². The number of hydroxylamine groups is 2. The molecule has 0 unspecified atom stereocenters. The second-order valence-corrected chi connectivity index (χ2v) is 3.02. The van der Waals surface area contributed by atoms with Crippen LogP contribution in [0.3, 0.4) is 0 Å². The second kappa shape index (κ2) is 4.22. The number of piperazine rings is 1. The first kappa shape index (κ1) is 8.38. The van der Waals surface area contributed by atoms with E-state index in [4.69, 9.17) is 0 Å². The van der Waals surface area contributed by atoms with Crippen molar-refractivity contribution in [3.63, 3.8) is 0 Å². The predicted octanol–water partition coefficient (Wildman–Crippen LogP) is -3.09. The van der Waals surface area contributed by atoms with Crippen molar-refractivity contribution in [1.29, 1.82) is 0 Å². The minimum atomic E-state index is -3.05. The Morgan fingerprint density at radius 2 is 1.90 bits per heavy atom. The van der Waals surface area contributed by atoms with Crippen molar-refractivity contribution in [2.75, 3.05) is 26.2 Å². The van der Waals surface area contributed by atoms with Crippen LogP contribution in [-0.4, -0.2) is 31.2 Å². The molecule has 0 bridgehead atoms. The third kappa shape index (κ3) is 2.91. The molecular formula is C4H9BrN2O3. The van der Waals surface area contributed by atoms with Crippen LogP contribution in [0, 0.1) is 14.8 Å². The first-order valence-corrected chi connectivity index (χ1v) is 4.93. The highest BCUT2D eigenvalue weighted by molar-refractivity contribution is 4.58. The maximum atomic E-state index is 10.1. The lowest BCUT2D eigenvalue weighted by atomic mass is 10.4. The Balaban J connectivity index is 2.13. The van der Waals surface area contributed by atoms with Crippen LogP contribution < -0.4 is 13.7 Å². The first-order valence-electron chi connectivity index (χ1n) is 2.99. The SMILES string of the molecule is [O-][Br+2]([O-])ON1CCNCC1. The van der Waals surface area contributed by atoms with Gasteiger partial charge in [0.2, 0.25) is 0 Å². The van der Waals surface area contributed by atoms with Gasteiger partial charge in [0.15, 0.2) is 0 Å². The van der Waals surface area contributed by atoms with Crippen LogP contribution in [-0.2, 0) is 3.93 Å². The molecule has 0 aromatic rings. The smallest absolute Gasteiger partial charge is 0.371 e. The fourth-order valence-electron chi connectivity index (χ4n) is 0.793. The summed E-state index contributed by atoms with van der Waals surface area (Å²) in [4.78, 5) is 0. The van der Waals surface area contributed by atoms with Crippen LogP contribution in [0.1, 0.15) is 0 Å². The van der Waals surface area contributed by atoms with Crippen LogP contribution >= 0.6 is 0 Å². The quantitative estimate of drug-likeness (QED) is 0.526. The van der Waals surface area contributed by atoms with Crippen molar-refractivity contribution in [3.8, 4) is 0 Å². The Hall–Kier alpha value is 0.280. The van der Waals surface area contributed by atoms with Crippen LogP contribution in [0.5, 0.6) is 0 Å². The van der Waals surface area contributed by atoms with Gasteiger partial charge in [-0.2, -0.15) is 0 Å². The summed E-state index contributed by atoms with van der Waals surface area (Å²) in [5, 5.41) is 4.52. The zero-order valence-corrected chi connectivity index (χ0v) is 6.96. The van der Waals surface area contributed by atoms with Gasteiger partial charge in [0, 0.05) is 26.2 Å². The van der Waals surface area contributed by atoms with Gasteiger partial charge < -0.3 is 13.7 Å². The van der Waals surface area contributed by atoms with E-state index in [1.807, 2.05) is 0 Å². The first-order chi connectivity index (χ1) is 4.79. The number of nitrogens with one attached hydrogen (secondary N) is 1. The predicted molar refractivity (Wildman–Crippen MR) is 25.5 cm³/mol. The molecule has 1 fully saturated rings. The van der Waals surface area contributed by atoms with E-state index < -0.39 is 14.8 Å². The molecule has 0 saturated carbocycles. The Labute approximate surface area is 64.4 Å². The molecule has 0 amide bonds. The standard InChI is InChI=1S/C4H9BrN2O3/c8-5(9)10-7-3-1-6-2-4-7/h6H,1-4H2. The minimum absolute atomic E-state index is 0.638. The molecule has 6 heteroatoms. The van der Waals surface area contributed by atoms with E-state index >= 15 is 0 Å². The van der Waals surface area contributed by atoms with Crippen LogP contribution in [0.4, 0.5) is 0 Å². The molecule has 1 heterocycles. The fourth-order valence-corrected chi connectivity index (χ4v) is 1.42. The average Bonchev–Trinajstić information content (AvgIpc) is 1.88. The van der Waals surface area contributed by atoms with Crippen LogP contribution in [0.25, 0.3) is 0 Å². The number of rotatable bonds is 2.